The van der Waals surface area contributed by atoms with Gasteiger partial charge in [-0.15, -0.1) is 0 Å². The molecule has 0 amide bonds. The Kier molecular flexibility index (Phi) is 16.4. The van der Waals surface area contributed by atoms with E-state index in [0.29, 0.717) is 11.5 Å². The zero-order chi connectivity index (χ0) is 44.7. The van der Waals surface area contributed by atoms with Crippen molar-refractivity contribution in [2.45, 2.75) is 115 Å². The Hall–Kier alpha value is -3.68. The summed E-state index contributed by atoms with van der Waals surface area (Å²) in [6.45, 7) is 19.0. The van der Waals surface area contributed by atoms with Gasteiger partial charge in [-0.1, -0.05) is 75.4 Å². The third kappa shape index (κ3) is 10.9. The topological polar surface area (TPSA) is 147 Å². The predicted octanol–water partition coefficient (Wildman–Crippen LogP) is 9.27. The van der Waals surface area contributed by atoms with E-state index in [4.69, 9.17) is 32.4 Å². The van der Waals surface area contributed by atoms with Crippen molar-refractivity contribution in [3.05, 3.63) is 127 Å². The fourth-order valence-electron chi connectivity index (χ4n) is 7.17. The molecule has 1 aromatic heterocycles. The molecule has 0 radical (unpaired) electrons. The number of aromatic nitrogens is 2. The predicted molar refractivity (Wildman–Crippen MR) is 243 cm³/mol. The number of benzene rings is 3. The van der Waals surface area contributed by atoms with Gasteiger partial charge in [-0.05, 0) is 103 Å². The quantitative estimate of drug-likeness (QED) is 0.0416. The minimum atomic E-state index is -2.66. The molecule has 16 heteroatoms. The van der Waals surface area contributed by atoms with Crippen molar-refractivity contribution in [2.24, 2.45) is 0 Å². The van der Waals surface area contributed by atoms with Crippen LogP contribution in [0.5, 0.6) is 11.5 Å². The first-order valence-electron chi connectivity index (χ1n) is 20.5. The van der Waals surface area contributed by atoms with Crippen LogP contribution in [0.25, 0.3) is 0 Å². The maximum Gasteiger partial charge on any atom is 0.330 e. The molecular formula is C45H60BrN4O9PSi. The lowest BCUT2D eigenvalue weighted by Crippen LogP contribution is -2.50. The normalized spacial score (nSPS) is 19.0. The standard InChI is InChI=1S/C45H60BrN4O9PSi/c1-30(2)50(31(3)4)60(56-27-15-26-47)58-39-38(57-42(40(39)59-61(10,11)44(5,6)7)49-28-37(46)41(51)48-43(49)52)29-55-45(32-16-13-12-14-17-32,33-18-22-35(53-8)23-19-33)34-20-24-36(54-9)25-21-34/h12-14,16-25,28,30-31,38-40,42H,15,27,29H2,1-11H3,(H,48,51,52). The highest BCUT2D eigenvalue weighted by molar-refractivity contribution is 9.10. The first-order chi connectivity index (χ1) is 28.9. The van der Waals surface area contributed by atoms with Crippen LogP contribution >= 0.6 is 24.5 Å². The zero-order valence-corrected chi connectivity index (χ0v) is 40.5. The number of halogens is 1. The lowest BCUT2D eigenvalue weighted by atomic mass is 9.80. The molecule has 13 nitrogen and oxygen atoms in total. The van der Waals surface area contributed by atoms with Crippen LogP contribution in [0.2, 0.25) is 18.1 Å². The number of methoxy groups -OCH3 is 2. The van der Waals surface area contributed by atoms with E-state index < -0.39 is 58.2 Å². The largest absolute Gasteiger partial charge is 0.497 e. The van der Waals surface area contributed by atoms with Crippen LogP contribution < -0.4 is 20.7 Å². The van der Waals surface area contributed by atoms with Gasteiger partial charge >= 0.3 is 5.69 Å². The molecule has 330 valence electrons. The number of H-pyrrole nitrogens is 1. The maximum absolute atomic E-state index is 13.8. The van der Waals surface area contributed by atoms with Crippen molar-refractivity contribution in [1.82, 2.24) is 14.2 Å². The molecule has 1 aliphatic heterocycles. The van der Waals surface area contributed by atoms with E-state index in [1.165, 1.54) is 10.8 Å². The smallest absolute Gasteiger partial charge is 0.330 e. The average Bonchev–Trinajstić information content (AvgIpc) is 3.54. The highest BCUT2D eigenvalue weighted by atomic mass is 79.9. The van der Waals surface area contributed by atoms with Crippen LogP contribution in [-0.2, 0) is 28.5 Å². The van der Waals surface area contributed by atoms with Gasteiger partial charge in [0.05, 0.1) is 44.4 Å². The summed E-state index contributed by atoms with van der Waals surface area (Å²) >= 11 is 3.34. The van der Waals surface area contributed by atoms with Crippen molar-refractivity contribution in [3.63, 3.8) is 0 Å². The van der Waals surface area contributed by atoms with Crippen molar-refractivity contribution in [1.29, 1.82) is 5.26 Å². The van der Waals surface area contributed by atoms with Crippen LogP contribution in [-0.4, -0.2) is 80.4 Å². The molecule has 3 aromatic carbocycles. The summed E-state index contributed by atoms with van der Waals surface area (Å²) in [7, 11) is -1.25. The molecule has 0 saturated carbocycles. The number of aromatic amines is 1. The van der Waals surface area contributed by atoms with Crippen molar-refractivity contribution < 1.29 is 32.4 Å². The summed E-state index contributed by atoms with van der Waals surface area (Å²) in [5.41, 5.74) is 0.0317. The molecule has 5 unspecified atom stereocenters. The van der Waals surface area contributed by atoms with Crippen LogP contribution in [0.15, 0.2) is 99.1 Å². The summed E-state index contributed by atoms with van der Waals surface area (Å²) in [5, 5.41) is 9.26. The van der Waals surface area contributed by atoms with Gasteiger partial charge in [0.15, 0.2) is 14.5 Å². The van der Waals surface area contributed by atoms with Crippen LogP contribution in [0.4, 0.5) is 0 Å². The van der Waals surface area contributed by atoms with E-state index in [2.05, 4.69) is 93.2 Å². The molecule has 0 spiro atoms. The molecule has 1 aliphatic rings. The number of nitriles is 1. The summed E-state index contributed by atoms with van der Waals surface area (Å²) in [4.78, 5) is 28.9. The van der Waals surface area contributed by atoms with Crippen molar-refractivity contribution in [2.75, 3.05) is 27.4 Å². The molecule has 1 fully saturated rings. The molecule has 61 heavy (non-hydrogen) atoms. The monoisotopic (exact) mass is 938 g/mol. The second kappa shape index (κ2) is 20.7. The zero-order valence-electron chi connectivity index (χ0n) is 37.0. The third-order valence-electron chi connectivity index (χ3n) is 11.2. The van der Waals surface area contributed by atoms with E-state index in [9.17, 15) is 14.9 Å². The van der Waals surface area contributed by atoms with Crippen LogP contribution in [0.1, 0.15) is 77.8 Å². The van der Waals surface area contributed by atoms with Gasteiger partial charge in [-0.2, -0.15) is 5.26 Å². The van der Waals surface area contributed by atoms with E-state index in [0.717, 1.165) is 16.7 Å². The SMILES string of the molecule is COc1ccc(C(OCC2OC(n3cc(Br)c(=O)[nH]c3=O)C(O[Si](C)(C)C(C)(C)C)C2OP(OCCC#N)N(C(C)C)C(C)C)(c2ccccc2)c2ccc(OC)cc2)cc1. The first kappa shape index (κ1) is 48.4. The van der Waals surface area contributed by atoms with Crippen LogP contribution in [0.3, 0.4) is 0 Å². The van der Waals surface area contributed by atoms with Gasteiger partial charge in [0, 0.05) is 18.3 Å². The number of hydrogen-bond acceptors (Lipinski definition) is 11. The minimum absolute atomic E-state index is 0.00516. The molecule has 5 atom stereocenters. The third-order valence-corrected chi connectivity index (χ3v) is 18.4. The van der Waals surface area contributed by atoms with Gasteiger partial charge in [0.25, 0.3) is 14.1 Å². The molecule has 4 aromatic rings. The van der Waals surface area contributed by atoms with Gasteiger partial charge in [-0.3, -0.25) is 14.3 Å². The van der Waals surface area contributed by atoms with Gasteiger partial charge in [0.1, 0.15) is 35.4 Å². The Balaban J connectivity index is 1.75. The number of nitrogens with zero attached hydrogens (tertiary/aromatic N) is 3. The average molecular weight is 940 g/mol. The summed E-state index contributed by atoms with van der Waals surface area (Å²) < 4.78 is 50.2. The molecule has 2 heterocycles. The number of rotatable bonds is 19. The second-order valence-corrected chi connectivity index (χ2v) is 24.0. The second-order valence-electron chi connectivity index (χ2n) is 17.0. The highest BCUT2D eigenvalue weighted by Crippen LogP contribution is 2.52. The lowest BCUT2D eigenvalue weighted by Gasteiger charge is -2.42. The summed E-state index contributed by atoms with van der Waals surface area (Å²) in [6.07, 6.45) is -2.12. The Morgan fingerprint density at radius 3 is 1.92 bits per heavy atom. The fraction of sp³-hybridized carbons (Fsp3) is 0.489. The Morgan fingerprint density at radius 2 is 1.43 bits per heavy atom. The molecular weight excluding hydrogens is 879 g/mol. The van der Waals surface area contributed by atoms with Gasteiger partial charge < -0.3 is 32.4 Å². The Morgan fingerprint density at radius 1 is 0.885 bits per heavy atom. The molecule has 1 saturated heterocycles. The van der Waals surface area contributed by atoms with Crippen LogP contribution in [0, 0.1) is 11.3 Å². The highest BCUT2D eigenvalue weighted by Gasteiger charge is 2.54. The minimum Gasteiger partial charge on any atom is -0.497 e. The summed E-state index contributed by atoms with van der Waals surface area (Å²) in [5.74, 6) is 1.37. The number of nitrogens with one attached hydrogen (secondary N) is 1. The molecule has 1 N–H and O–H groups in total. The number of ether oxygens (including phenoxy) is 4. The molecule has 5 rings (SSSR count). The van der Waals surface area contributed by atoms with Gasteiger partial charge in [-0.25, -0.2) is 9.46 Å². The van der Waals surface area contributed by atoms with Crippen molar-refractivity contribution in [3.8, 4) is 17.6 Å². The Labute approximate surface area is 370 Å². The maximum atomic E-state index is 13.8. The van der Waals surface area contributed by atoms with Gasteiger partial charge in [0.2, 0.25) is 0 Å². The molecule has 0 aliphatic carbocycles. The lowest BCUT2D eigenvalue weighted by molar-refractivity contribution is -0.0943. The van der Waals surface area contributed by atoms with E-state index in [-0.39, 0.29) is 41.2 Å². The molecule has 0 bridgehead atoms. The van der Waals surface area contributed by atoms with E-state index in [1.54, 1.807) is 14.2 Å². The Bertz CT molecular complexity index is 2140. The van der Waals surface area contributed by atoms with E-state index in [1.807, 2.05) is 78.9 Å². The van der Waals surface area contributed by atoms with Crippen molar-refractivity contribution >= 4 is 32.8 Å². The summed E-state index contributed by atoms with van der Waals surface area (Å²) in [6, 6.07) is 27.6. The van der Waals surface area contributed by atoms with E-state index >= 15 is 0 Å². The number of hydrogen-bond donors (Lipinski definition) is 1. The fourth-order valence-corrected chi connectivity index (χ4v) is 10.5. The first-order valence-corrected chi connectivity index (χ1v) is 25.3.